The summed E-state index contributed by atoms with van der Waals surface area (Å²) in [5, 5.41) is 4.51. The van der Waals surface area contributed by atoms with Crippen molar-refractivity contribution in [2.75, 3.05) is 5.32 Å². The van der Waals surface area contributed by atoms with E-state index in [9.17, 15) is 0 Å². The fraction of sp³-hybridized carbons (Fsp3) is 0.150. The highest BCUT2D eigenvalue weighted by Gasteiger charge is 2.09. The van der Waals surface area contributed by atoms with Crippen LogP contribution in [0.5, 0.6) is 0 Å². The van der Waals surface area contributed by atoms with Gasteiger partial charge in [0.15, 0.2) is 0 Å². The topological polar surface area (TPSA) is 55.6 Å². The normalized spacial score (nSPS) is 11.0. The van der Waals surface area contributed by atoms with Crippen LogP contribution in [0.3, 0.4) is 0 Å². The molecule has 0 saturated carbocycles. The minimum atomic E-state index is 0.674. The molecule has 4 rings (SSSR count). The van der Waals surface area contributed by atoms with Crippen LogP contribution < -0.4 is 5.32 Å². The fourth-order valence-electron chi connectivity index (χ4n) is 3.08. The predicted molar refractivity (Wildman–Crippen MR) is 99.9 cm³/mol. The van der Waals surface area contributed by atoms with E-state index in [1.54, 1.807) is 6.33 Å². The maximum Gasteiger partial charge on any atom is 0.137 e. The molecule has 0 fully saturated rings. The molecule has 0 amide bonds. The van der Waals surface area contributed by atoms with Crippen LogP contribution in [0.4, 0.5) is 5.82 Å². The van der Waals surface area contributed by atoms with Gasteiger partial charge in [-0.2, -0.15) is 0 Å². The molecule has 5 heteroatoms. The van der Waals surface area contributed by atoms with Gasteiger partial charge < -0.3 is 9.88 Å². The molecule has 0 aliphatic carbocycles. The van der Waals surface area contributed by atoms with Gasteiger partial charge in [0.25, 0.3) is 0 Å². The van der Waals surface area contributed by atoms with E-state index in [2.05, 4.69) is 62.1 Å². The molecule has 0 radical (unpaired) electrons. The van der Waals surface area contributed by atoms with E-state index < -0.39 is 0 Å². The number of nitrogens with one attached hydrogen (secondary N) is 1. The van der Waals surface area contributed by atoms with Gasteiger partial charge >= 0.3 is 0 Å². The number of rotatable bonds is 4. The molecule has 5 nitrogen and oxygen atoms in total. The molecule has 0 unspecified atom stereocenters. The molecule has 0 atom stereocenters. The molecule has 0 aliphatic heterocycles. The smallest absolute Gasteiger partial charge is 0.137 e. The van der Waals surface area contributed by atoms with E-state index in [1.807, 2.05) is 31.5 Å². The van der Waals surface area contributed by atoms with Crippen molar-refractivity contribution in [3.8, 4) is 5.69 Å². The van der Waals surface area contributed by atoms with E-state index in [0.29, 0.717) is 6.54 Å². The largest absolute Gasteiger partial charge is 0.365 e. The summed E-state index contributed by atoms with van der Waals surface area (Å²) in [6.45, 7) is 4.75. The summed E-state index contributed by atoms with van der Waals surface area (Å²) in [4.78, 5) is 13.2. The van der Waals surface area contributed by atoms with Crippen molar-refractivity contribution in [2.24, 2.45) is 0 Å². The van der Waals surface area contributed by atoms with Crippen molar-refractivity contribution in [2.45, 2.75) is 20.4 Å². The molecule has 25 heavy (non-hydrogen) atoms. The Labute approximate surface area is 146 Å². The van der Waals surface area contributed by atoms with Gasteiger partial charge in [0.1, 0.15) is 18.0 Å². The molecule has 1 N–H and O–H groups in total. The molecule has 2 heterocycles. The van der Waals surface area contributed by atoms with Crippen molar-refractivity contribution < 1.29 is 0 Å². The van der Waals surface area contributed by atoms with Gasteiger partial charge in [0.2, 0.25) is 0 Å². The van der Waals surface area contributed by atoms with Crippen LogP contribution in [0.25, 0.3) is 16.6 Å². The van der Waals surface area contributed by atoms with Crippen LogP contribution >= 0.6 is 0 Å². The molecule has 124 valence electrons. The molecule has 0 spiro atoms. The lowest BCUT2D eigenvalue weighted by atomic mass is 10.1. The number of para-hydroxylation sites is 2. The standard InChI is InChI=1S/C20H19N5/c1-14-6-5-8-17-19(14)23-13-24-20(17)22-12-16-7-3-4-9-18(16)25-11-10-21-15(25)2/h3-11,13H,12H2,1-2H3,(H,22,23,24). The fourth-order valence-corrected chi connectivity index (χ4v) is 3.08. The Hall–Kier alpha value is -3.21. The van der Waals surface area contributed by atoms with E-state index in [1.165, 1.54) is 5.56 Å². The monoisotopic (exact) mass is 329 g/mol. The van der Waals surface area contributed by atoms with Crippen LogP contribution in [-0.2, 0) is 6.54 Å². The lowest BCUT2D eigenvalue weighted by molar-refractivity contribution is 0.947. The number of benzene rings is 2. The summed E-state index contributed by atoms with van der Waals surface area (Å²) in [7, 11) is 0. The Morgan fingerprint density at radius 2 is 1.84 bits per heavy atom. The SMILES string of the molecule is Cc1cccc2c(NCc3ccccc3-n3ccnc3C)ncnc12. The summed E-state index contributed by atoms with van der Waals surface area (Å²) in [5.74, 6) is 1.82. The van der Waals surface area contributed by atoms with Gasteiger partial charge in [-0.05, 0) is 37.1 Å². The van der Waals surface area contributed by atoms with E-state index >= 15 is 0 Å². The van der Waals surface area contributed by atoms with Crippen molar-refractivity contribution in [1.82, 2.24) is 19.5 Å². The first kappa shape index (κ1) is 15.3. The highest BCUT2D eigenvalue weighted by Crippen LogP contribution is 2.23. The minimum absolute atomic E-state index is 0.674. The second kappa shape index (κ2) is 6.36. The van der Waals surface area contributed by atoms with Crippen molar-refractivity contribution in [1.29, 1.82) is 0 Å². The first-order valence-electron chi connectivity index (χ1n) is 8.26. The number of anilines is 1. The Bertz CT molecular complexity index is 1040. The molecule has 0 saturated heterocycles. The second-order valence-electron chi connectivity index (χ2n) is 6.02. The van der Waals surface area contributed by atoms with Crippen LogP contribution in [0, 0.1) is 13.8 Å². The molecular weight excluding hydrogens is 310 g/mol. The minimum Gasteiger partial charge on any atom is -0.365 e. The number of aromatic nitrogens is 4. The van der Waals surface area contributed by atoms with Gasteiger partial charge in [-0.3, -0.25) is 0 Å². The Kier molecular flexibility index (Phi) is 3.90. The highest BCUT2D eigenvalue weighted by atomic mass is 15.1. The average molecular weight is 329 g/mol. The second-order valence-corrected chi connectivity index (χ2v) is 6.02. The summed E-state index contributed by atoms with van der Waals surface area (Å²) < 4.78 is 2.10. The van der Waals surface area contributed by atoms with E-state index in [0.717, 1.165) is 33.8 Å². The van der Waals surface area contributed by atoms with Crippen LogP contribution in [0.2, 0.25) is 0 Å². The van der Waals surface area contributed by atoms with Gasteiger partial charge in [-0.1, -0.05) is 30.3 Å². The van der Waals surface area contributed by atoms with Crippen LogP contribution in [-0.4, -0.2) is 19.5 Å². The molecular formula is C20H19N5. The van der Waals surface area contributed by atoms with Crippen molar-refractivity contribution in [3.05, 3.63) is 78.1 Å². The summed E-state index contributed by atoms with van der Waals surface area (Å²) in [6, 6.07) is 14.5. The average Bonchev–Trinajstić information content (AvgIpc) is 3.06. The zero-order valence-electron chi connectivity index (χ0n) is 14.3. The third kappa shape index (κ3) is 2.85. The number of imidazole rings is 1. The van der Waals surface area contributed by atoms with E-state index in [-0.39, 0.29) is 0 Å². The van der Waals surface area contributed by atoms with Gasteiger partial charge in [-0.15, -0.1) is 0 Å². The Morgan fingerprint density at radius 1 is 0.960 bits per heavy atom. The first-order chi connectivity index (χ1) is 12.2. The lowest BCUT2D eigenvalue weighted by Crippen LogP contribution is -2.07. The van der Waals surface area contributed by atoms with Crippen molar-refractivity contribution >= 4 is 16.7 Å². The van der Waals surface area contributed by atoms with E-state index in [4.69, 9.17) is 0 Å². The number of aryl methyl sites for hydroxylation is 2. The maximum absolute atomic E-state index is 4.43. The number of fused-ring (bicyclic) bond motifs is 1. The quantitative estimate of drug-likeness (QED) is 0.614. The summed E-state index contributed by atoms with van der Waals surface area (Å²) in [5.41, 5.74) is 4.44. The summed E-state index contributed by atoms with van der Waals surface area (Å²) >= 11 is 0. The molecule has 0 bridgehead atoms. The first-order valence-corrected chi connectivity index (χ1v) is 8.26. The number of nitrogens with zero attached hydrogens (tertiary/aromatic N) is 4. The third-order valence-electron chi connectivity index (χ3n) is 4.39. The van der Waals surface area contributed by atoms with Crippen LogP contribution in [0.1, 0.15) is 17.0 Å². The lowest BCUT2D eigenvalue weighted by Gasteiger charge is -2.14. The third-order valence-corrected chi connectivity index (χ3v) is 4.39. The molecule has 2 aromatic carbocycles. The predicted octanol–water partition coefficient (Wildman–Crippen LogP) is 4.04. The number of hydrogen-bond donors (Lipinski definition) is 1. The van der Waals surface area contributed by atoms with Gasteiger partial charge in [0.05, 0.1) is 11.2 Å². The zero-order chi connectivity index (χ0) is 17.2. The van der Waals surface area contributed by atoms with Gasteiger partial charge in [-0.25, -0.2) is 15.0 Å². The highest BCUT2D eigenvalue weighted by molar-refractivity contribution is 5.90. The zero-order valence-corrected chi connectivity index (χ0v) is 14.3. The van der Waals surface area contributed by atoms with Crippen LogP contribution in [0.15, 0.2) is 61.2 Å². The molecule has 0 aliphatic rings. The number of hydrogen-bond acceptors (Lipinski definition) is 4. The Balaban J connectivity index is 1.68. The molecule has 4 aromatic rings. The summed E-state index contributed by atoms with van der Waals surface area (Å²) in [6.07, 6.45) is 5.42. The van der Waals surface area contributed by atoms with Crippen molar-refractivity contribution in [3.63, 3.8) is 0 Å². The Morgan fingerprint density at radius 3 is 2.68 bits per heavy atom. The maximum atomic E-state index is 4.43. The molecule has 2 aromatic heterocycles. The van der Waals surface area contributed by atoms with Gasteiger partial charge in [0, 0.05) is 24.3 Å².